The number of hydrogen-bond acceptors (Lipinski definition) is 1. The van der Waals surface area contributed by atoms with Crippen LogP contribution >= 0.6 is 0 Å². The van der Waals surface area contributed by atoms with Gasteiger partial charge in [-0.15, -0.1) is 0 Å². The Labute approximate surface area is 110 Å². The van der Waals surface area contributed by atoms with E-state index >= 15 is 0 Å². The third-order valence-electron chi connectivity index (χ3n) is 5.46. The van der Waals surface area contributed by atoms with Crippen LogP contribution in [0.1, 0.15) is 38.4 Å². The molecule has 3 saturated carbocycles. The van der Waals surface area contributed by atoms with Gasteiger partial charge in [-0.3, -0.25) is 0 Å². The standard InChI is InChI=1S/C17H22O/c1-11-14(9-13-10-15(11)17(13,2)3)16(18)12-7-5-4-6-8-12/h4-8,13-16,18H,1,9-10H2,2-3H3/t13-,14-,15-,16+/m0/s1. The molecule has 0 aliphatic heterocycles. The molecule has 0 amide bonds. The van der Waals surface area contributed by atoms with Crippen LogP contribution < -0.4 is 0 Å². The molecule has 0 unspecified atom stereocenters. The second-order valence-corrected chi connectivity index (χ2v) is 6.58. The van der Waals surface area contributed by atoms with Crippen molar-refractivity contribution >= 4 is 0 Å². The maximum absolute atomic E-state index is 10.6. The smallest absolute Gasteiger partial charge is 0.0855 e. The quantitative estimate of drug-likeness (QED) is 0.778. The van der Waals surface area contributed by atoms with Crippen LogP contribution in [-0.4, -0.2) is 5.11 Å². The normalized spacial score (nSPS) is 34.8. The summed E-state index contributed by atoms with van der Waals surface area (Å²) < 4.78 is 0. The summed E-state index contributed by atoms with van der Waals surface area (Å²) >= 11 is 0. The molecule has 1 aromatic carbocycles. The molecule has 1 aromatic rings. The van der Waals surface area contributed by atoms with Gasteiger partial charge < -0.3 is 5.11 Å². The lowest BCUT2D eigenvalue weighted by molar-refractivity contribution is -0.0703. The van der Waals surface area contributed by atoms with Crippen LogP contribution in [0.4, 0.5) is 0 Å². The van der Waals surface area contributed by atoms with E-state index in [0.717, 1.165) is 17.9 Å². The first-order valence-corrected chi connectivity index (χ1v) is 6.93. The molecule has 3 fully saturated rings. The van der Waals surface area contributed by atoms with Crippen molar-refractivity contribution in [3.8, 4) is 0 Å². The van der Waals surface area contributed by atoms with Crippen LogP contribution in [0.25, 0.3) is 0 Å². The fourth-order valence-corrected chi connectivity index (χ4v) is 3.98. The Morgan fingerprint density at radius 2 is 1.89 bits per heavy atom. The van der Waals surface area contributed by atoms with E-state index in [1.807, 2.05) is 30.3 Å². The molecule has 4 rings (SSSR count). The van der Waals surface area contributed by atoms with Gasteiger partial charge in [0.15, 0.2) is 0 Å². The topological polar surface area (TPSA) is 20.2 Å². The van der Waals surface area contributed by atoms with Gasteiger partial charge in [0.2, 0.25) is 0 Å². The van der Waals surface area contributed by atoms with Gasteiger partial charge in [0.25, 0.3) is 0 Å². The summed E-state index contributed by atoms with van der Waals surface area (Å²) in [6, 6.07) is 10.0. The van der Waals surface area contributed by atoms with Crippen molar-refractivity contribution < 1.29 is 5.11 Å². The zero-order valence-corrected chi connectivity index (χ0v) is 11.3. The van der Waals surface area contributed by atoms with Gasteiger partial charge in [0, 0.05) is 5.92 Å². The van der Waals surface area contributed by atoms with Crippen molar-refractivity contribution in [1.29, 1.82) is 0 Å². The number of fused-ring (bicyclic) bond motifs is 2. The van der Waals surface area contributed by atoms with E-state index in [1.165, 1.54) is 12.0 Å². The summed E-state index contributed by atoms with van der Waals surface area (Å²) in [5.74, 6) is 1.63. The minimum absolute atomic E-state index is 0.254. The fourth-order valence-electron chi connectivity index (χ4n) is 3.98. The Kier molecular flexibility index (Phi) is 2.63. The number of aliphatic hydroxyl groups is 1. The monoisotopic (exact) mass is 242 g/mol. The van der Waals surface area contributed by atoms with E-state index in [2.05, 4.69) is 20.4 Å². The van der Waals surface area contributed by atoms with Crippen molar-refractivity contribution in [1.82, 2.24) is 0 Å². The van der Waals surface area contributed by atoms with Crippen molar-refractivity contribution in [2.75, 3.05) is 0 Å². The highest BCUT2D eigenvalue weighted by atomic mass is 16.3. The second-order valence-electron chi connectivity index (χ2n) is 6.58. The van der Waals surface area contributed by atoms with Gasteiger partial charge in [0.05, 0.1) is 6.10 Å². The van der Waals surface area contributed by atoms with Crippen LogP contribution in [0.5, 0.6) is 0 Å². The lowest BCUT2D eigenvalue weighted by Crippen LogP contribution is -2.52. The summed E-state index contributed by atoms with van der Waals surface area (Å²) in [7, 11) is 0. The Bertz CT molecular complexity index is 460. The van der Waals surface area contributed by atoms with Crippen molar-refractivity contribution in [3.05, 3.63) is 48.0 Å². The molecule has 4 atom stereocenters. The predicted octanol–water partition coefficient (Wildman–Crippen LogP) is 3.96. The first-order valence-electron chi connectivity index (χ1n) is 6.93. The molecule has 3 aliphatic carbocycles. The van der Waals surface area contributed by atoms with E-state index in [4.69, 9.17) is 0 Å². The highest BCUT2D eigenvalue weighted by Gasteiger charge is 2.55. The largest absolute Gasteiger partial charge is 0.388 e. The minimum atomic E-state index is -0.375. The van der Waals surface area contributed by atoms with Crippen LogP contribution in [0.2, 0.25) is 0 Å². The van der Waals surface area contributed by atoms with E-state index < -0.39 is 0 Å². The second kappa shape index (κ2) is 3.96. The lowest BCUT2D eigenvalue weighted by Gasteiger charge is -2.60. The van der Waals surface area contributed by atoms with E-state index in [0.29, 0.717) is 11.3 Å². The molecule has 0 aromatic heterocycles. The van der Waals surface area contributed by atoms with Crippen LogP contribution in [0.3, 0.4) is 0 Å². The molecule has 0 spiro atoms. The van der Waals surface area contributed by atoms with Crippen molar-refractivity contribution in [2.45, 2.75) is 32.8 Å². The Hall–Kier alpha value is -1.08. The molecule has 3 aliphatic rings. The number of aliphatic hydroxyl groups excluding tert-OH is 1. The third-order valence-corrected chi connectivity index (χ3v) is 5.46. The molecule has 1 N–H and O–H groups in total. The van der Waals surface area contributed by atoms with Gasteiger partial charge >= 0.3 is 0 Å². The van der Waals surface area contributed by atoms with Crippen LogP contribution in [-0.2, 0) is 0 Å². The highest BCUT2D eigenvalue weighted by molar-refractivity contribution is 5.28. The number of rotatable bonds is 2. The molecule has 0 saturated heterocycles. The average Bonchev–Trinajstić information content (AvgIpc) is 2.38. The summed E-state index contributed by atoms with van der Waals surface area (Å²) in [6.07, 6.45) is 2.00. The molecule has 1 heteroatoms. The summed E-state index contributed by atoms with van der Waals surface area (Å²) in [6.45, 7) is 9.00. The lowest BCUT2D eigenvalue weighted by atomic mass is 9.44. The Morgan fingerprint density at radius 1 is 1.22 bits per heavy atom. The average molecular weight is 242 g/mol. The Balaban J connectivity index is 1.82. The van der Waals surface area contributed by atoms with E-state index in [1.54, 1.807) is 0 Å². The third kappa shape index (κ3) is 1.57. The number of benzene rings is 1. The zero-order valence-electron chi connectivity index (χ0n) is 11.3. The van der Waals surface area contributed by atoms with Gasteiger partial charge in [-0.1, -0.05) is 56.3 Å². The molecule has 2 bridgehead atoms. The van der Waals surface area contributed by atoms with E-state index in [-0.39, 0.29) is 12.0 Å². The van der Waals surface area contributed by atoms with Crippen LogP contribution in [0.15, 0.2) is 42.5 Å². The Morgan fingerprint density at radius 3 is 2.44 bits per heavy atom. The maximum Gasteiger partial charge on any atom is 0.0855 e. The van der Waals surface area contributed by atoms with Gasteiger partial charge in [-0.05, 0) is 35.7 Å². The number of hydrogen-bond donors (Lipinski definition) is 1. The van der Waals surface area contributed by atoms with E-state index in [9.17, 15) is 5.11 Å². The first kappa shape index (κ1) is 12.0. The minimum Gasteiger partial charge on any atom is -0.388 e. The van der Waals surface area contributed by atoms with Gasteiger partial charge in [0.1, 0.15) is 0 Å². The van der Waals surface area contributed by atoms with Crippen molar-refractivity contribution in [3.63, 3.8) is 0 Å². The highest BCUT2D eigenvalue weighted by Crippen LogP contribution is 2.64. The molecule has 0 heterocycles. The predicted molar refractivity (Wildman–Crippen MR) is 74.0 cm³/mol. The maximum atomic E-state index is 10.6. The SMILES string of the molecule is C=C1[C@@H]([C@H](O)c2ccccc2)C[C@H]2C[C@@H]1C2(C)C. The van der Waals surface area contributed by atoms with Crippen molar-refractivity contribution in [2.24, 2.45) is 23.2 Å². The molecular weight excluding hydrogens is 220 g/mol. The first-order chi connectivity index (χ1) is 8.51. The van der Waals surface area contributed by atoms with Gasteiger partial charge in [-0.2, -0.15) is 0 Å². The van der Waals surface area contributed by atoms with Crippen LogP contribution in [0, 0.1) is 23.2 Å². The van der Waals surface area contributed by atoms with Gasteiger partial charge in [-0.25, -0.2) is 0 Å². The summed E-state index contributed by atoms with van der Waals surface area (Å²) in [5, 5.41) is 10.6. The summed E-state index contributed by atoms with van der Waals surface area (Å²) in [4.78, 5) is 0. The molecule has 18 heavy (non-hydrogen) atoms. The fraction of sp³-hybridized carbons (Fsp3) is 0.529. The molecule has 0 radical (unpaired) electrons. The molecule has 96 valence electrons. The molecule has 1 nitrogen and oxygen atoms in total. The zero-order chi connectivity index (χ0) is 12.9. The molecular formula is C17H22O. The summed E-state index contributed by atoms with van der Waals surface area (Å²) in [5.41, 5.74) is 2.71.